The maximum Gasteiger partial charge on any atom is 0.246 e. The molecule has 1 aromatic carbocycles. The second-order valence-corrected chi connectivity index (χ2v) is 2.64. The molecule has 1 aliphatic rings. The van der Waals surface area contributed by atoms with Crippen molar-refractivity contribution >= 4 is 11.6 Å². The first-order valence-corrected chi connectivity index (χ1v) is 3.77. The molecule has 0 bridgehead atoms. The number of amides is 1. The molecule has 0 spiro atoms. The summed E-state index contributed by atoms with van der Waals surface area (Å²) in [5.41, 5.74) is 4.25. The number of nitrogens with one attached hydrogen (secondary N) is 1. The maximum absolute atomic E-state index is 10.8. The average Bonchev–Trinajstić information content (AvgIpc) is 2.54. The van der Waals surface area contributed by atoms with Crippen LogP contribution >= 0.6 is 0 Å². The largest absolute Gasteiger partial charge is 0.273 e. The van der Waals surface area contributed by atoms with E-state index in [-0.39, 0.29) is 5.91 Å². The molecular formula is C9H8N2O. The Morgan fingerprint density at radius 3 is 2.58 bits per heavy atom. The van der Waals surface area contributed by atoms with Crippen molar-refractivity contribution in [1.29, 1.82) is 0 Å². The van der Waals surface area contributed by atoms with Crippen molar-refractivity contribution in [2.24, 2.45) is 5.10 Å². The number of hydrazone groups is 1. The molecule has 1 heterocycles. The number of benzene rings is 1. The van der Waals surface area contributed by atoms with Gasteiger partial charge in [-0.15, -0.1) is 0 Å². The van der Waals surface area contributed by atoms with Crippen LogP contribution in [0.5, 0.6) is 0 Å². The van der Waals surface area contributed by atoms with E-state index in [1.807, 2.05) is 30.3 Å². The quantitative estimate of drug-likeness (QED) is 0.651. The van der Waals surface area contributed by atoms with Gasteiger partial charge in [0.25, 0.3) is 0 Å². The van der Waals surface area contributed by atoms with Crippen LogP contribution in [0.1, 0.15) is 12.0 Å². The third-order valence-electron chi connectivity index (χ3n) is 1.75. The van der Waals surface area contributed by atoms with Gasteiger partial charge in [-0.3, -0.25) is 4.79 Å². The van der Waals surface area contributed by atoms with Crippen LogP contribution < -0.4 is 5.43 Å². The lowest BCUT2D eigenvalue weighted by Gasteiger charge is -1.94. The van der Waals surface area contributed by atoms with Gasteiger partial charge in [-0.05, 0) is 5.56 Å². The average molecular weight is 160 g/mol. The summed E-state index contributed by atoms with van der Waals surface area (Å²) in [6.45, 7) is 0. The molecule has 3 heteroatoms. The fourth-order valence-electron chi connectivity index (χ4n) is 1.16. The van der Waals surface area contributed by atoms with Crippen LogP contribution in [-0.4, -0.2) is 11.6 Å². The van der Waals surface area contributed by atoms with Crippen LogP contribution in [-0.2, 0) is 4.79 Å². The predicted octanol–water partition coefficient (Wildman–Crippen LogP) is 0.911. The van der Waals surface area contributed by atoms with Crippen molar-refractivity contribution in [3.8, 4) is 0 Å². The first-order chi connectivity index (χ1) is 5.86. The lowest BCUT2D eigenvalue weighted by molar-refractivity contribution is -0.119. The molecular weight excluding hydrogens is 152 g/mol. The molecule has 2 rings (SSSR count). The van der Waals surface area contributed by atoms with Gasteiger partial charge in [0.2, 0.25) is 5.91 Å². The third-order valence-corrected chi connectivity index (χ3v) is 1.75. The maximum atomic E-state index is 10.8. The Bertz CT molecular complexity index is 330. The van der Waals surface area contributed by atoms with Crippen molar-refractivity contribution < 1.29 is 4.79 Å². The van der Waals surface area contributed by atoms with Crippen molar-refractivity contribution in [2.75, 3.05) is 0 Å². The van der Waals surface area contributed by atoms with Gasteiger partial charge in [0, 0.05) is 0 Å². The first-order valence-electron chi connectivity index (χ1n) is 3.77. The van der Waals surface area contributed by atoms with E-state index in [0.717, 1.165) is 11.3 Å². The lowest BCUT2D eigenvalue weighted by atomic mass is 10.1. The summed E-state index contributed by atoms with van der Waals surface area (Å²) >= 11 is 0. The minimum absolute atomic E-state index is 0.0335. The third kappa shape index (κ3) is 1.21. The minimum Gasteiger partial charge on any atom is -0.273 e. The number of carbonyl (C=O) groups excluding carboxylic acids is 1. The zero-order valence-corrected chi connectivity index (χ0v) is 6.45. The van der Waals surface area contributed by atoms with Crippen molar-refractivity contribution in [2.45, 2.75) is 6.42 Å². The van der Waals surface area contributed by atoms with Crippen LogP contribution in [0.3, 0.4) is 0 Å². The van der Waals surface area contributed by atoms with Crippen molar-refractivity contribution in [3.63, 3.8) is 0 Å². The molecule has 0 radical (unpaired) electrons. The summed E-state index contributed by atoms with van der Waals surface area (Å²) in [5.74, 6) is -0.0335. The van der Waals surface area contributed by atoms with Gasteiger partial charge in [0.1, 0.15) is 0 Å². The van der Waals surface area contributed by atoms with Crippen LogP contribution in [0, 0.1) is 0 Å². The SMILES string of the molecule is O=C1CC(c2ccccc2)=NN1. The molecule has 0 unspecified atom stereocenters. The van der Waals surface area contributed by atoms with Gasteiger partial charge in [-0.25, -0.2) is 5.43 Å². The van der Waals surface area contributed by atoms with Gasteiger partial charge < -0.3 is 0 Å². The van der Waals surface area contributed by atoms with Gasteiger partial charge in [0.15, 0.2) is 0 Å². The molecule has 3 nitrogen and oxygen atoms in total. The Hall–Kier alpha value is -1.64. The highest BCUT2D eigenvalue weighted by Crippen LogP contribution is 2.07. The van der Waals surface area contributed by atoms with Crippen LogP contribution in [0.4, 0.5) is 0 Å². The lowest BCUT2D eigenvalue weighted by Crippen LogP contribution is -2.09. The molecule has 0 aromatic heterocycles. The number of hydrogen-bond acceptors (Lipinski definition) is 2. The van der Waals surface area contributed by atoms with Crippen LogP contribution in [0.15, 0.2) is 35.4 Å². The van der Waals surface area contributed by atoms with Crippen molar-refractivity contribution in [3.05, 3.63) is 35.9 Å². The standard InChI is InChI=1S/C9H8N2O/c12-9-6-8(10-11-9)7-4-2-1-3-5-7/h1-5H,6H2,(H,11,12). The Labute approximate surface area is 70.1 Å². The van der Waals surface area contributed by atoms with Crippen molar-refractivity contribution in [1.82, 2.24) is 5.43 Å². The second-order valence-electron chi connectivity index (χ2n) is 2.64. The summed E-state index contributed by atoms with van der Waals surface area (Å²) in [7, 11) is 0. The fourth-order valence-corrected chi connectivity index (χ4v) is 1.16. The van der Waals surface area contributed by atoms with E-state index in [2.05, 4.69) is 10.5 Å². The summed E-state index contributed by atoms with van der Waals surface area (Å²) in [6, 6.07) is 9.69. The number of rotatable bonds is 1. The molecule has 1 aliphatic heterocycles. The zero-order chi connectivity index (χ0) is 8.39. The Kier molecular flexibility index (Phi) is 1.63. The van der Waals surface area contributed by atoms with Gasteiger partial charge >= 0.3 is 0 Å². The fraction of sp³-hybridized carbons (Fsp3) is 0.111. The highest BCUT2D eigenvalue weighted by atomic mass is 16.2. The zero-order valence-electron chi connectivity index (χ0n) is 6.45. The molecule has 0 atom stereocenters. The molecule has 0 fully saturated rings. The molecule has 0 aliphatic carbocycles. The van der Waals surface area contributed by atoms with E-state index in [1.165, 1.54) is 0 Å². The smallest absolute Gasteiger partial charge is 0.246 e. The van der Waals surface area contributed by atoms with Gasteiger partial charge in [-0.1, -0.05) is 30.3 Å². The Morgan fingerprint density at radius 1 is 1.25 bits per heavy atom. The molecule has 0 saturated carbocycles. The van der Waals surface area contributed by atoms with E-state index in [0.29, 0.717) is 6.42 Å². The summed E-state index contributed by atoms with van der Waals surface area (Å²) < 4.78 is 0. The second kappa shape index (κ2) is 2.77. The Balaban J connectivity index is 2.28. The molecule has 1 amide bonds. The molecule has 1 aromatic rings. The highest BCUT2D eigenvalue weighted by molar-refractivity contribution is 6.13. The van der Waals surface area contributed by atoms with Crippen LogP contribution in [0.2, 0.25) is 0 Å². The summed E-state index contributed by atoms with van der Waals surface area (Å²) in [5, 5.41) is 3.90. The monoisotopic (exact) mass is 160 g/mol. The van der Waals surface area contributed by atoms with E-state index >= 15 is 0 Å². The molecule has 1 N–H and O–H groups in total. The minimum atomic E-state index is -0.0335. The van der Waals surface area contributed by atoms with E-state index in [4.69, 9.17) is 0 Å². The molecule has 12 heavy (non-hydrogen) atoms. The van der Waals surface area contributed by atoms with Gasteiger partial charge in [-0.2, -0.15) is 5.10 Å². The molecule has 0 saturated heterocycles. The highest BCUT2D eigenvalue weighted by Gasteiger charge is 2.14. The number of carbonyl (C=O) groups is 1. The first kappa shape index (κ1) is 7.03. The Morgan fingerprint density at radius 2 is 2.00 bits per heavy atom. The van der Waals surface area contributed by atoms with Crippen LogP contribution in [0.25, 0.3) is 0 Å². The number of hydrogen-bond donors (Lipinski definition) is 1. The summed E-state index contributed by atoms with van der Waals surface area (Å²) in [6.07, 6.45) is 0.393. The predicted molar refractivity (Wildman–Crippen MR) is 45.7 cm³/mol. The topological polar surface area (TPSA) is 41.5 Å². The van der Waals surface area contributed by atoms with Gasteiger partial charge in [0.05, 0.1) is 12.1 Å². The van der Waals surface area contributed by atoms with E-state index in [1.54, 1.807) is 0 Å². The molecule has 60 valence electrons. The van der Waals surface area contributed by atoms with E-state index < -0.39 is 0 Å². The number of nitrogens with zero attached hydrogens (tertiary/aromatic N) is 1. The van der Waals surface area contributed by atoms with E-state index in [9.17, 15) is 4.79 Å². The summed E-state index contributed by atoms with van der Waals surface area (Å²) in [4.78, 5) is 10.8. The normalized spacial score (nSPS) is 15.7.